The number of Topliss-reactive ketones (excluding diaryl/α,β-unsaturated/α-hetero) is 1. The highest BCUT2D eigenvalue weighted by Gasteiger charge is 2.15. The summed E-state index contributed by atoms with van der Waals surface area (Å²) in [7, 11) is 0. The zero-order chi connectivity index (χ0) is 14.1. The van der Waals surface area contributed by atoms with Crippen LogP contribution in [0.25, 0.3) is 10.2 Å². The first-order valence-electron chi connectivity index (χ1n) is 5.97. The summed E-state index contributed by atoms with van der Waals surface area (Å²) in [5.41, 5.74) is 1.07. The van der Waals surface area contributed by atoms with Crippen molar-refractivity contribution in [3.8, 4) is 0 Å². The third-order valence-corrected chi connectivity index (χ3v) is 4.32. The molecule has 2 aromatic carbocycles. The summed E-state index contributed by atoms with van der Waals surface area (Å²) in [6.07, 6.45) is 0.128. The lowest BCUT2D eigenvalue weighted by molar-refractivity contribution is 0.0992. The highest BCUT2D eigenvalue weighted by Crippen LogP contribution is 2.25. The van der Waals surface area contributed by atoms with Gasteiger partial charge >= 0.3 is 0 Å². The molecule has 0 aliphatic rings. The molecule has 20 heavy (non-hydrogen) atoms. The van der Waals surface area contributed by atoms with E-state index in [1.165, 1.54) is 29.5 Å². The number of carbonyl (C=O) groups is 1. The number of fused-ring (bicyclic) bond motifs is 1. The summed E-state index contributed by atoms with van der Waals surface area (Å²) in [6, 6.07) is 11.9. The first-order chi connectivity index (χ1) is 9.65. The fourth-order valence-corrected chi connectivity index (χ4v) is 3.14. The largest absolute Gasteiger partial charge is 0.294 e. The van der Waals surface area contributed by atoms with Crippen molar-refractivity contribution in [2.75, 3.05) is 0 Å². The van der Waals surface area contributed by atoms with Crippen LogP contribution in [0.3, 0.4) is 0 Å². The van der Waals surface area contributed by atoms with E-state index in [0.29, 0.717) is 5.01 Å². The van der Waals surface area contributed by atoms with Crippen molar-refractivity contribution in [2.45, 2.75) is 6.42 Å². The molecule has 0 unspecified atom stereocenters. The van der Waals surface area contributed by atoms with Gasteiger partial charge in [0.05, 0.1) is 21.7 Å². The molecule has 1 aromatic heterocycles. The molecule has 5 heteroatoms. The fourth-order valence-electron chi connectivity index (χ4n) is 1.95. The van der Waals surface area contributed by atoms with Crippen molar-refractivity contribution in [1.29, 1.82) is 0 Å². The maximum Gasteiger partial charge on any atom is 0.171 e. The lowest BCUT2D eigenvalue weighted by Gasteiger charge is -2.02. The Labute approximate surface area is 123 Å². The molecule has 0 saturated carbocycles. The van der Waals surface area contributed by atoms with Crippen LogP contribution < -0.4 is 0 Å². The molecule has 0 amide bonds. The molecule has 0 aliphatic carbocycles. The highest BCUT2D eigenvalue weighted by molar-refractivity contribution is 7.18. The fraction of sp³-hybridized carbons (Fsp3) is 0.0667. The number of hydrogen-bond donors (Lipinski definition) is 0. The molecule has 0 spiro atoms. The molecular weight excluding hydrogens is 297 g/mol. The number of benzene rings is 2. The summed E-state index contributed by atoms with van der Waals surface area (Å²) in [5, 5.41) is 0.579. The molecule has 1 heterocycles. The Morgan fingerprint density at radius 3 is 2.80 bits per heavy atom. The van der Waals surface area contributed by atoms with E-state index >= 15 is 0 Å². The minimum atomic E-state index is -0.582. The molecule has 3 rings (SSSR count). The Morgan fingerprint density at radius 2 is 2.00 bits per heavy atom. The molecule has 0 aliphatic heterocycles. The number of para-hydroxylation sites is 1. The average molecular weight is 306 g/mol. The van der Waals surface area contributed by atoms with E-state index in [-0.39, 0.29) is 22.8 Å². The minimum absolute atomic E-state index is 0.126. The van der Waals surface area contributed by atoms with E-state index < -0.39 is 5.82 Å². The summed E-state index contributed by atoms with van der Waals surface area (Å²) in [4.78, 5) is 16.6. The maximum absolute atomic E-state index is 13.3. The molecule has 0 N–H and O–H groups in total. The minimum Gasteiger partial charge on any atom is -0.294 e. The van der Waals surface area contributed by atoms with Crippen LogP contribution in [0, 0.1) is 5.82 Å². The van der Waals surface area contributed by atoms with Crippen LogP contribution in [-0.2, 0) is 6.42 Å². The van der Waals surface area contributed by atoms with Crippen LogP contribution in [0.1, 0.15) is 15.4 Å². The Morgan fingerprint density at radius 1 is 1.20 bits per heavy atom. The van der Waals surface area contributed by atoms with Crippen LogP contribution in [0.4, 0.5) is 4.39 Å². The SMILES string of the molecule is O=C(Cc1nc2ccccc2s1)c1cccc(F)c1Cl. The average Bonchev–Trinajstić information content (AvgIpc) is 2.83. The third kappa shape index (κ3) is 2.44. The third-order valence-electron chi connectivity index (χ3n) is 2.90. The number of ketones is 1. The lowest BCUT2D eigenvalue weighted by atomic mass is 10.1. The number of carbonyl (C=O) groups excluding carboxylic acids is 1. The number of thiazole rings is 1. The van der Waals surface area contributed by atoms with Crippen molar-refractivity contribution >= 4 is 38.9 Å². The van der Waals surface area contributed by atoms with Gasteiger partial charge in [0.25, 0.3) is 0 Å². The van der Waals surface area contributed by atoms with Crippen molar-refractivity contribution in [2.24, 2.45) is 0 Å². The standard InChI is InChI=1S/C15H9ClFNOS/c16-15-9(4-3-5-10(15)17)12(19)8-14-18-11-6-1-2-7-13(11)20-14/h1-7H,8H2. The van der Waals surface area contributed by atoms with Crippen molar-refractivity contribution in [3.63, 3.8) is 0 Å². The van der Waals surface area contributed by atoms with Gasteiger partial charge in [0.2, 0.25) is 0 Å². The normalized spacial score (nSPS) is 10.9. The zero-order valence-electron chi connectivity index (χ0n) is 10.3. The zero-order valence-corrected chi connectivity index (χ0v) is 11.8. The Bertz CT molecular complexity index is 766. The summed E-state index contributed by atoms with van der Waals surface area (Å²) in [5.74, 6) is -0.810. The second kappa shape index (κ2) is 5.31. The number of halogens is 2. The van der Waals surface area contributed by atoms with E-state index in [9.17, 15) is 9.18 Å². The van der Waals surface area contributed by atoms with Crippen LogP contribution in [0.15, 0.2) is 42.5 Å². The van der Waals surface area contributed by atoms with Crippen LogP contribution in [0.5, 0.6) is 0 Å². The van der Waals surface area contributed by atoms with Crippen molar-refractivity contribution < 1.29 is 9.18 Å². The van der Waals surface area contributed by atoms with E-state index in [0.717, 1.165) is 10.2 Å². The highest BCUT2D eigenvalue weighted by atomic mass is 35.5. The van der Waals surface area contributed by atoms with Gasteiger partial charge in [0.1, 0.15) is 10.8 Å². The van der Waals surface area contributed by atoms with Gasteiger partial charge in [-0.25, -0.2) is 9.37 Å². The lowest BCUT2D eigenvalue weighted by Crippen LogP contribution is -2.04. The molecule has 0 atom stereocenters. The van der Waals surface area contributed by atoms with Gasteiger partial charge in [-0.3, -0.25) is 4.79 Å². The van der Waals surface area contributed by atoms with Crippen LogP contribution in [0.2, 0.25) is 5.02 Å². The van der Waals surface area contributed by atoms with Gasteiger partial charge in [-0.05, 0) is 24.3 Å². The first-order valence-corrected chi connectivity index (χ1v) is 7.16. The smallest absolute Gasteiger partial charge is 0.171 e. The number of aromatic nitrogens is 1. The molecule has 2 nitrogen and oxygen atoms in total. The van der Waals surface area contributed by atoms with Gasteiger partial charge in [0.15, 0.2) is 5.78 Å². The van der Waals surface area contributed by atoms with Crippen LogP contribution >= 0.6 is 22.9 Å². The Hall–Kier alpha value is -1.78. The van der Waals surface area contributed by atoms with E-state index in [2.05, 4.69) is 4.98 Å². The number of rotatable bonds is 3. The van der Waals surface area contributed by atoms with Crippen molar-refractivity contribution in [3.05, 3.63) is 63.9 Å². The van der Waals surface area contributed by atoms with E-state index in [1.807, 2.05) is 24.3 Å². The van der Waals surface area contributed by atoms with Gasteiger partial charge < -0.3 is 0 Å². The van der Waals surface area contributed by atoms with E-state index in [1.54, 1.807) is 0 Å². The molecule has 100 valence electrons. The summed E-state index contributed by atoms with van der Waals surface area (Å²) in [6.45, 7) is 0. The molecule has 0 radical (unpaired) electrons. The molecule has 0 bridgehead atoms. The molecule has 0 saturated heterocycles. The monoisotopic (exact) mass is 305 g/mol. The van der Waals surface area contributed by atoms with E-state index in [4.69, 9.17) is 11.6 Å². The molecule has 3 aromatic rings. The quantitative estimate of drug-likeness (QED) is 0.666. The summed E-state index contributed by atoms with van der Waals surface area (Å²) < 4.78 is 14.4. The summed E-state index contributed by atoms with van der Waals surface area (Å²) >= 11 is 7.28. The number of hydrogen-bond acceptors (Lipinski definition) is 3. The maximum atomic E-state index is 13.3. The second-order valence-corrected chi connectivity index (χ2v) is 5.77. The van der Waals surface area contributed by atoms with Gasteiger partial charge in [0, 0.05) is 5.56 Å². The second-order valence-electron chi connectivity index (χ2n) is 4.28. The van der Waals surface area contributed by atoms with Gasteiger partial charge in [-0.1, -0.05) is 29.8 Å². The van der Waals surface area contributed by atoms with Crippen molar-refractivity contribution in [1.82, 2.24) is 4.98 Å². The molecular formula is C15H9ClFNOS. The van der Waals surface area contributed by atoms with Gasteiger partial charge in [-0.2, -0.15) is 0 Å². The predicted octanol–water partition coefficient (Wildman–Crippen LogP) is 4.51. The Balaban J connectivity index is 1.90. The topological polar surface area (TPSA) is 30.0 Å². The first kappa shape index (κ1) is 13.2. The predicted molar refractivity (Wildman–Crippen MR) is 79.1 cm³/mol. The molecule has 0 fully saturated rings. The number of nitrogens with zero attached hydrogens (tertiary/aromatic N) is 1. The Kier molecular flexibility index (Phi) is 3.51. The van der Waals surface area contributed by atoms with Gasteiger partial charge in [-0.15, -0.1) is 11.3 Å². The van der Waals surface area contributed by atoms with Crippen LogP contribution in [-0.4, -0.2) is 10.8 Å².